The first-order chi connectivity index (χ1) is 7.65. The Morgan fingerprint density at radius 2 is 1.88 bits per heavy atom. The summed E-state index contributed by atoms with van der Waals surface area (Å²) >= 11 is 3.36. The van der Waals surface area contributed by atoms with Crippen molar-refractivity contribution in [2.45, 2.75) is 52.2 Å². The Hall–Kier alpha value is -0.680. The van der Waals surface area contributed by atoms with Gasteiger partial charge in [0.25, 0.3) is 0 Å². The zero-order valence-electron chi connectivity index (χ0n) is 11.0. The highest BCUT2D eigenvalue weighted by molar-refractivity contribution is 9.10. The first kappa shape index (κ1) is 14.4. The highest BCUT2D eigenvalue weighted by atomic mass is 79.9. The second-order valence-electron chi connectivity index (χ2n) is 5.15. The average Bonchev–Trinajstić information content (AvgIpc) is 2.14. The SMILES string of the molecule is CCc1nc(Br)cc(NC(C)(C)C(C)(C)O)n1. The van der Waals surface area contributed by atoms with Crippen molar-refractivity contribution in [3.63, 3.8) is 0 Å². The molecule has 0 unspecified atom stereocenters. The standard InChI is InChI=1S/C12H20BrN3O/c1-6-9-14-8(13)7-10(15-9)16-11(2,3)12(4,5)17/h7,17H,6H2,1-5H3,(H,14,15,16). The van der Waals surface area contributed by atoms with E-state index in [1.54, 1.807) is 13.8 Å². The number of aromatic nitrogens is 2. The van der Waals surface area contributed by atoms with Crippen molar-refractivity contribution in [2.24, 2.45) is 0 Å². The fourth-order valence-corrected chi connectivity index (χ4v) is 1.58. The lowest BCUT2D eigenvalue weighted by atomic mass is 9.86. The van der Waals surface area contributed by atoms with E-state index < -0.39 is 11.1 Å². The van der Waals surface area contributed by atoms with Crippen LogP contribution in [0.4, 0.5) is 5.82 Å². The smallest absolute Gasteiger partial charge is 0.131 e. The molecule has 0 aliphatic rings. The minimum Gasteiger partial charge on any atom is -0.388 e. The molecule has 96 valence electrons. The summed E-state index contributed by atoms with van der Waals surface area (Å²) in [5.41, 5.74) is -1.33. The van der Waals surface area contributed by atoms with Crippen LogP contribution in [-0.4, -0.2) is 26.2 Å². The van der Waals surface area contributed by atoms with Crippen LogP contribution in [0, 0.1) is 0 Å². The van der Waals surface area contributed by atoms with Crippen molar-refractivity contribution in [1.82, 2.24) is 9.97 Å². The van der Waals surface area contributed by atoms with E-state index in [0.29, 0.717) is 0 Å². The molecule has 1 aromatic rings. The van der Waals surface area contributed by atoms with Crippen LogP contribution in [0.1, 0.15) is 40.4 Å². The lowest BCUT2D eigenvalue weighted by Gasteiger charge is -2.38. The minimum absolute atomic E-state index is 0.480. The summed E-state index contributed by atoms with van der Waals surface area (Å²) in [5.74, 6) is 1.49. The van der Waals surface area contributed by atoms with E-state index in [-0.39, 0.29) is 0 Å². The van der Waals surface area contributed by atoms with E-state index in [9.17, 15) is 5.11 Å². The molecule has 1 rings (SSSR count). The van der Waals surface area contributed by atoms with Gasteiger partial charge >= 0.3 is 0 Å². The van der Waals surface area contributed by atoms with Gasteiger partial charge in [0, 0.05) is 12.5 Å². The second kappa shape index (κ2) is 4.90. The molecule has 0 spiro atoms. The highest BCUT2D eigenvalue weighted by Gasteiger charge is 2.35. The molecule has 0 aromatic carbocycles. The Morgan fingerprint density at radius 3 is 2.35 bits per heavy atom. The predicted molar refractivity (Wildman–Crippen MR) is 73.1 cm³/mol. The number of anilines is 1. The number of hydrogen-bond donors (Lipinski definition) is 2. The molecule has 17 heavy (non-hydrogen) atoms. The molecule has 0 aliphatic carbocycles. The maximum atomic E-state index is 10.1. The molecule has 4 nitrogen and oxygen atoms in total. The first-order valence-electron chi connectivity index (χ1n) is 5.70. The van der Waals surface area contributed by atoms with Gasteiger partial charge in [0.05, 0.1) is 11.1 Å². The number of aliphatic hydroxyl groups is 1. The molecular weight excluding hydrogens is 282 g/mol. The van der Waals surface area contributed by atoms with E-state index >= 15 is 0 Å². The summed E-state index contributed by atoms with van der Waals surface area (Å²) < 4.78 is 0.749. The molecule has 1 aromatic heterocycles. The third-order valence-electron chi connectivity index (χ3n) is 3.03. The van der Waals surface area contributed by atoms with Crippen LogP contribution in [0.3, 0.4) is 0 Å². The van der Waals surface area contributed by atoms with Crippen LogP contribution in [0.15, 0.2) is 10.7 Å². The number of hydrogen-bond acceptors (Lipinski definition) is 4. The Kier molecular flexibility index (Phi) is 4.15. The predicted octanol–water partition coefficient (Wildman–Crippen LogP) is 2.76. The number of nitrogens with zero attached hydrogens (tertiary/aromatic N) is 2. The highest BCUT2D eigenvalue weighted by Crippen LogP contribution is 2.26. The van der Waals surface area contributed by atoms with Gasteiger partial charge in [-0.25, -0.2) is 9.97 Å². The monoisotopic (exact) mass is 301 g/mol. The maximum Gasteiger partial charge on any atom is 0.131 e. The van der Waals surface area contributed by atoms with Gasteiger partial charge in [0.15, 0.2) is 0 Å². The summed E-state index contributed by atoms with van der Waals surface area (Å²) in [5, 5.41) is 13.3. The topological polar surface area (TPSA) is 58.0 Å². The van der Waals surface area contributed by atoms with E-state index in [1.165, 1.54) is 0 Å². The fourth-order valence-electron chi connectivity index (χ4n) is 1.16. The number of halogens is 1. The number of rotatable bonds is 4. The third kappa shape index (κ3) is 3.64. The summed E-state index contributed by atoms with van der Waals surface area (Å²) in [4.78, 5) is 8.64. The number of nitrogens with one attached hydrogen (secondary N) is 1. The lowest BCUT2D eigenvalue weighted by Crippen LogP contribution is -2.51. The first-order valence-corrected chi connectivity index (χ1v) is 6.49. The largest absolute Gasteiger partial charge is 0.388 e. The molecule has 0 atom stereocenters. The van der Waals surface area contributed by atoms with Crippen LogP contribution in [0.2, 0.25) is 0 Å². The van der Waals surface area contributed by atoms with Crippen LogP contribution < -0.4 is 5.32 Å². The number of aryl methyl sites for hydroxylation is 1. The van der Waals surface area contributed by atoms with Crippen LogP contribution in [0.5, 0.6) is 0 Å². The van der Waals surface area contributed by atoms with Crippen molar-refractivity contribution < 1.29 is 5.11 Å². The molecule has 1 heterocycles. The van der Waals surface area contributed by atoms with Gasteiger partial charge in [-0.1, -0.05) is 6.92 Å². The Morgan fingerprint density at radius 1 is 1.29 bits per heavy atom. The minimum atomic E-state index is -0.850. The van der Waals surface area contributed by atoms with Crippen molar-refractivity contribution in [3.8, 4) is 0 Å². The Bertz CT molecular complexity index is 399. The molecule has 2 N–H and O–H groups in total. The van der Waals surface area contributed by atoms with Gasteiger partial charge in [-0.2, -0.15) is 0 Å². The molecule has 0 aliphatic heterocycles. The van der Waals surface area contributed by atoms with Crippen molar-refractivity contribution in [1.29, 1.82) is 0 Å². The molecule has 0 fully saturated rings. The van der Waals surface area contributed by atoms with E-state index in [4.69, 9.17) is 0 Å². The van der Waals surface area contributed by atoms with Crippen LogP contribution in [0.25, 0.3) is 0 Å². The van der Waals surface area contributed by atoms with Gasteiger partial charge < -0.3 is 10.4 Å². The van der Waals surface area contributed by atoms with Crippen LogP contribution in [-0.2, 0) is 6.42 Å². The lowest BCUT2D eigenvalue weighted by molar-refractivity contribution is 0.0238. The summed E-state index contributed by atoms with van der Waals surface area (Å²) in [6.45, 7) is 9.43. The second-order valence-corrected chi connectivity index (χ2v) is 5.97. The van der Waals surface area contributed by atoms with Crippen LogP contribution >= 0.6 is 15.9 Å². The zero-order chi connectivity index (χ0) is 13.3. The maximum absolute atomic E-state index is 10.1. The van der Waals surface area contributed by atoms with Gasteiger partial charge in [-0.3, -0.25) is 0 Å². The average molecular weight is 302 g/mol. The molecule has 5 heteroatoms. The molecular formula is C12H20BrN3O. The van der Waals surface area contributed by atoms with Crippen molar-refractivity contribution in [3.05, 3.63) is 16.5 Å². The molecule has 0 radical (unpaired) electrons. The molecule has 0 saturated carbocycles. The fraction of sp³-hybridized carbons (Fsp3) is 0.667. The third-order valence-corrected chi connectivity index (χ3v) is 3.43. The van der Waals surface area contributed by atoms with E-state index in [1.807, 2.05) is 26.8 Å². The normalized spacial score (nSPS) is 12.6. The van der Waals surface area contributed by atoms with Gasteiger partial charge in [-0.15, -0.1) is 0 Å². The molecule has 0 bridgehead atoms. The van der Waals surface area contributed by atoms with E-state index in [0.717, 1.165) is 22.7 Å². The van der Waals surface area contributed by atoms with Crippen molar-refractivity contribution >= 4 is 21.7 Å². The molecule has 0 saturated heterocycles. The Labute approximate surface area is 111 Å². The quantitative estimate of drug-likeness (QED) is 0.840. The summed E-state index contributed by atoms with van der Waals surface area (Å²) in [6, 6.07) is 1.81. The van der Waals surface area contributed by atoms with Crippen molar-refractivity contribution in [2.75, 3.05) is 5.32 Å². The van der Waals surface area contributed by atoms with Gasteiger partial charge in [0.1, 0.15) is 16.2 Å². The zero-order valence-corrected chi connectivity index (χ0v) is 12.6. The molecule has 0 amide bonds. The Balaban J connectivity index is 2.99. The van der Waals surface area contributed by atoms with Gasteiger partial charge in [0.2, 0.25) is 0 Å². The van der Waals surface area contributed by atoms with Gasteiger partial charge in [-0.05, 0) is 43.6 Å². The summed E-state index contributed by atoms with van der Waals surface area (Å²) in [6.07, 6.45) is 0.775. The summed E-state index contributed by atoms with van der Waals surface area (Å²) in [7, 11) is 0. The van der Waals surface area contributed by atoms with E-state index in [2.05, 4.69) is 31.2 Å².